The number of nitrogens with zero attached hydrogens (tertiary/aromatic N) is 1. The lowest BCUT2D eigenvalue weighted by atomic mass is 10.1. The predicted molar refractivity (Wildman–Crippen MR) is 103 cm³/mol. The number of rotatable bonds is 7. The first kappa shape index (κ1) is 18.4. The van der Waals surface area contributed by atoms with E-state index in [2.05, 4.69) is 15.6 Å². The maximum Gasteiger partial charge on any atom is 0.269 e. The Balaban J connectivity index is 1.53. The number of hydrogen-bond donors (Lipinski definition) is 2. The highest BCUT2D eigenvalue weighted by Gasteiger charge is 2.08. The van der Waals surface area contributed by atoms with Crippen molar-refractivity contribution in [3.05, 3.63) is 83.9 Å². The van der Waals surface area contributed by atoms with Gasteiger partial charge in [0.1, 0.15) is 17.3 Å². The Hall–Kier alpha value is -3.41. The molecule has 0 fully saturated rings. The topological polar surface area (TPSA) is 63.2 Å². The number of hydrogen-bond acceptors (Lipinski definition) is 4. The molecule has 2 N–H and O–H groups in total. The van der Waals surface area contributed by atoms with Crippen LogP contribution >= 0.6 is 0 Å². The maximum atomic E-state index is 13.6. The summed E-state index contributed by atoms with van der Waals surface area (Å²) in [6.45, 7) is 0.341. The first-order valence-electron chi connectivity index (χ1n) is 8.54. The Morgan fingerprint density at radius 1 is 1.04 bits per heavy atom. The molecule has 2 aromatic carbocycles. The van der Waals surface area contributed by atoms with E-state index in [-0.39, 0.29) is 11.7 Å². The van der Waals surface area contributed by atoms with Crippen LogP contribution in [-0.4, -0.2) is 24.5 Å². The molecule has 0 bridgehead atoms. The van der Waals surface area contributed by atoms with E-state index in [0.717, 1.165) is 17.1 Å². The van der Waals surface area contributed by atoms with E-state index in [0.29, 0.717) is 24.2 Å². The van der Waals surface area contributed by atoms with E-state index in [1.807, 2.05) is 24.3 Å². The summed E-state index contributed by atoms with van der Waals surface area (Å²) in [6.07, 6.45) is 2.02. The fourth-order valence-corrected chi connectivity index (χ4v) is 2.55. The summed E-state index contributed by atoms with van der Waals surface area (Å²) >= 11 is 0. The van der Waals surface area contributed by atoms with E-state index >= 15 is 0 Å². The van der Waals surface area contributed by atoms with Crippen LogP contribution in [0.4, 0.5) is 15.8 Å². The second kappa shape index (κ2) is 8.80. The third-order valence-electron chi connectivity index (χ3n) is 4.01. The molecule has 0 spiro atoms. The molecule has 0 atom stereocenters. The number of halogens is 1. The van der Waals surface area contributed by atoms with Crippen LogP contribution < -0.4 is 15.4 Å². The number of ether oxygens (including phenoxy) is 1. The van der Waals surface area contributed by atoms with Gasteiger partial charge in [-0.2, -0.15) is 0 Å². The standard InChI is InChI=1S/C21H20FN3O2/c1-27-18-9-6-16(7-10-18)25-17-8-11-20(24-14-17)21(26)23-13-12-15-4-2-3-5-19(15)22/h2-11,14,25H,12-13H2,1H3,(H,23,26). The van der Waals surface area contributed by atoms with Gasteiger partial charge in [-0.1, -0.05) is 18.2 Å². The summed E-state index contributed by atoms with van der Waals surface area (Å²) in [5.74, 6) is 0.224. The summed E-state index contributed by atoms with van der Waals surface area (Å²) < 4.78 is 18.7. The molecule has 0 saturated carbocycles. The van der Waals surface area contributed by atoms with Gasteiger partial charge in [0.15, 0.2) is 0 Å². The molecule has 0 radical (unpaired) electrons. The highest BCUT2D eigenvalue weighted by Crippen LogP contribution is 2.19. The highest BCUT2D eigenvalue weighted by atomic mass is 19.1. The number of amides is 1. The largest absolute Gasteiger partial charge is 0.497 e. The summed E-state index contributed by atoms with van der Waals surface area (Å²) in [4.78, 5) is 16.3. The van der Waals surface area contributed by atoms with Gasteiger partial charge in [0.05, 0.1) is 19.0 Å². The second-order valence-corrected chi connectivity index (χ2v) is 5.88. The smallest absolute Gasteiger partial charge is 0.269 e. The number of benzene rings is 2. The van der Waals surface area contributed by atoms with E-state index < -0.39 is 0 Å². The minimum absolute atomic E-state index is 0.265. The number of nitrogens with one attached hydrogen (secondary N) is 2. The Bertz CT molecular complexity index is 896. The van der Waals surface area contributed by atoms with Crippen LogP contribution in [0.3, 0.4) is 0 Å². The van der Waals surface area contributed by atoms with E-state index in [4.69, 9.17) is 4.74 Å². The van der Waals surface area contributed by atoms with Crippen molar-refractivity contribution in [1.82, 2.24) is 10.3 Å². The van der Waals surface area contributed by atoms with Gasteiger partial charge in [-0.15, -0.1) is 0 Å². The van der Waals surface area contributed by atoms with Crippen molar-refractivity contribution in [2.24, 2.45) is 0 Å². The highest BCUT2D eigenvalue weighted by molar-refractivity contribution is 5.92. The molecule has 5 nitrogen and oxygen atoms in total. The quantitative estimate of drug-likeness (QED) is 0.666. The molecular formula is C21H20FN3O2. The third kappa shape index (κ3) is 5.04. The fourth-order valence-electron chi connectivity index (χ4n) is 2.55. The monoisotopic (exact) mass is 365 g/mol. The molecule has 1 heterocycles. The number of anilines is 2. The van der Waals surface area contributed by atoms with Crippen LogP contribution in [0.1, 0.15) is 16.1 Å². The molecule has 27 heavy (non-hydrogen) atoms. The number of methoxy groups -OCH3 is 1. The van der Waals surface area contributed by atoms with Crippen molar-refractivity contribution in [3.63, 3.8) is 0 Å². The van der Waals surface area contributed by atoms with Crippen LogP contribution in [0.5, 0.6) is 5.75 Å². The molecule has 0 unspecified atom stereocenters. The van der Waals surface area contributed by atoms with Crippen molar-refractivity contribution in [3.8, 4) is 5.75 Å². The minimum Gasteiger partial charge on any atom is -0.497 e. The molecule has 3 aromatic rings. The van der Waals surface area contributed by atoms with E-state index in [9.17, 15) is 9.18 Å². The van der Waals surface area contributed by atoms with Crippen molar-refractivity contribution in [1.29, 1.82) is 0 Å². The maximum absolute atomic E-state index is 13.6. The molecule has 138 valence electrons. The van der Waals surface area contributed by atoms with Gasteiger partial charge in [-0.3, -0.25) is 4.79 Å². The van der Waals surface area contributed by atoms with Gasteiger partial charge < -0.3 is 15.4 Å². The van der Waals surface area contributed by atoms with Crippen molar-refractivity contribution >= 4 is 17.3 Å². The van der Waals surface area contributed by atoms with Gasteiger partial charge in [0.2, 0.25) is 0 Å². The predicted octanol–water partition coefficient (Wildman–Crippen LogP) is 3.95. The Morgan fingerprint density at radius 3 is 2.44 bits per heavy atom. The SMILES string of the molecule is COc1ccc(Nc2ccc(C(=O)NCCc3ccccc3F)nc2)cc1. The minimum atomic E-state index is -0.290. The Kier molecular flexibility index (Phi) is 5.99. The number of aromatic nitrogens is 1. The average Bonchev–Trinajstić information content (AvgIpc) is 2.70. The van der Waals surface area contributed by atoms with Crippen molar-refractivity contribution in [2.75, 3.05) is 19.0 Å². The van der Waals surface area contributed by atoms with Crippen molar-refractivity contribution in [2.45, 2.75) is 6.42 Å². The summed E-state index contributed by atoms with van der Waals surface area (Å²) in [6, 6.07) is 17.4. The average molecular weight is 365 g/mol. The number of carbonyl (C=O) groups excluding carboxylic acids is 1. The molecule has 0 aliphatic heterocycles. The second-order valence-electron chi connectivity index (χ2n) is 5.88. The van der Waals surface area contributed by atoms with Crippen LogP contribution in [0, 0.1) is 5.82 Å². The molecular weight excluding hydrogens is 345 g/mol. The molecule has 0 saturated heterocycles. The Morgan fingerprint density at radius 2 is 1.78 bits per heavy atom. The van der Waals surface area contributed by atoms with Gasteiger partial charge in [-0.25, -0.2) is 9.37 Å². The first-order valence-corrected chi connectivity index (χ1v) is 8.54. The zero-order chi connectivity index (χ0) is 19.1. The summed E-state index contributed by atoms with van der Waals surface area (Å²) in [7, 11) is 1.62. The van der Waals surface area contributed by atoms with Gasteiger partial charge in [-0.05, 0) is 54.4 Å². The van der Waals surface area contributed by atoms with Crippen molar-refractivity contribution < 1.29 is 13.9 Å². The molecule has 0 aliphatic rings. The molecule has 6 heteroatoms. The normalized spacial score (nSPS) is 10.3. The molecule has 1 amide bonds. The zero-order valence-electron chi connectivity index (χ0n) is 14.9. The zero-order valence-corrected chi connectivity index (χ0v) is 14.9. The van der Waals surface area contributed by atoms with E-state index in [1.165, 1.54) is 6.07 Å². The molecule has 1 aromatic heterocycles. The van der Waals surface area contributed by atoms with Crippen LogP contribution in [-0.2, 0) is 6.42 Å². The van der Waals surface area contributed by atoms with Gasteiger partial charge in [0, 0.05) is 12.2 Å². The summed E-state index contributed by atoms with van der Waals surface area (Å²) in [5, 5.41) is 5.95. The lowest BCUT2D eigenvalue weighted by molar-refractivity contribution is 0.0949. The van der Waals surface area contributed by atoms with Crippen LogP contribution in [0.25, 0.3) is 0 Å². The Labute approximate surface area is 157 Å². The third-order valence-corrected chi connectivity index (χ3v) is 4.01. The van der Waals surface area contributed by atoms with E-state index in [1.54, 1.807) is 43.6 Å². The molecule has 3 rings (SSSR count). The van der Waals surface area contributed by atoms with Gasteiger partial charge in [0.25, 0.3) is 5.91 Å². The van der Waals surface area contributed by atoms with Crippen LogP contribution in [0.2, 0.25) is 0 Å². The number of pyridine rings is 1. The lowest BCUT2D eigenvalue weighted by Crippen LogP contribution is -2.26. The van der Waals surface area contributed by atoms with Gasteiger partial charge >= 0.3 is 0 Å². The lowest BCUT2D eigenvalue weighted by Gasteiger charge is -2.08. The molecule has 0 aliphatic carbocycles. The summed E-state index contributed by atoms with van der Waals surface area (Å²) in [5.41, 5.74) is 2.54. The van der Waals surface area contributed by atoms with Crippen LogP contribution in [0.15, 0.2) is 66.9 Å². The fraction of sp³-hybridized carbons (Fsp3) is 0.143. The first-order chi connectivity index (χ1) is 13.2. The number of carbonyl (C=O) groups is 1.